The fraction of sp³-hybridized carbons (Fsp3) is 0.625. The smallest absolute Gasteiger partial charge is 0.381 e. The van der Waals surface area contributed by atoms with E-state index < -0.39 is 11.9 Å². The van der Waals surface area contributed by atoms with Crippen LogP contribution in [0, 0.1) is 5.92 Å². The van der Waals surface area contributed by atoms with Crippen LogP contribution in [0.1, 0.15) is 39.0 Å². The molecule has 2 rings (SSSR count). The van der Waals surface area contributed by atoms with Crippen molar-refractivity contribution in [2.45, 2.75) is 56.1 Å². The molecule has 2 unspecified atom stereocenters. The number of thioether (sulfide) groups is 1. The summed E-state index contributed by atoms with van der Waals surface area (Å²) in [5, 5.41) is 3.46. The third-order valence-electron chi connectivity index (χ3n) is 3.90. The zero-order valence-corrected chi connectivity index (χ0v) is 13.1. The van der Waals surface area contributed by atoms with Gasteiger partial charge in [-0.2, -0.15) is 13.2 Å². The van der Waals surface area contributed by atoms with E-state index >= 15 is 0 Å². The Balaban J connectivity index is 1.99. The molecular formula is C16H22F3NS. The third kappa shape index (κ3) is 5.81. The van der Waals surface area contributed by atoms with Crippen molar-refractivity contribution >= 4 is 17.4 Å². The second-order valence-electron chi connectivity index (χ2n) is 5.85. The van der Waals surface area contributed by atoms with Crippen LogP contribution in [0.5, 0.6) is 0 Å². The number of para-hydroxylation sites is 1. The molecule has 5 heteroatoms. The molecule has 0 amide bonds. The number of hydrogen-bond acceptors (Lipinski definition) is 2. The van der Waals surface area contributed by atoms with Gasteiger partial charge in [-0.25, -0.2) is 0 Å². The molecule has 0 aromatic heterocycles. The van der Waals surface area contributed by atoms with Crippen molar-refractivity contribution in [1.82, 2.24) is 0 Å². The predicted octanol–water partition coefficient (Wildman–Crippen LogP) is 5.72. The molecule has 0 bridgehead atoms. The molecule has 0 heterocycles. The van der Waals surface area contributed by atoms with Gasteiger partial charge in [0, 0.05) is 16.6 Å². The summed E-state index contributed by atoms with van der Waals surface area (Å²) in [6.45, 7) is 2.27. The van der Waals surface area contributed by atoms with Crippen molar-refractivity contribution in [2.24, 2.45) is 5.92 Å². The van der Waals surface area contributed by atoms with E-state index in [1.807, 2.05) is 12.1 Å². The topological polar surface area (TPSA) is 12.0 Å². The molecule has 0 saturated heterocycles. The lowest BCUT2D eigenvalue weighted by atomic mass is 10.0. The van der Waals surface area contributed by atoms with E-state index in [4.69, 9.17) is 0 Å². The fourth-order valence-corrected chi connectivity index (χ4v) is 3.50. The molecule has 0 spiro atoms. The molecule has 1 aromatic rings. The van der Waals surface area contributed by atoms with Gasteiger partial charge in [0.05, 0.1) is 5.75 Å². The highest BCUT2D eigenvalue weighted by Crippen LogP contribution is 2.33. The lowest BCUT2D eigenvalue weighted by molar-refractivity contribution is -0.105. The van der Waals surface area contributed by atoms with Crippen LogP contribution < -0.4 is 5.32 Å². The molecule has 1 aromatic carbocycles. The van der Waals surface area contributed by atoms with Crippen molar-refractivity contribution in [3.8, 4) is 0 Å². The Hall–Kier alpha value is -0.840. The monoisotopic (exact) mass is 317 g/mol. The van der Waals surface area contributed by atoms with E-state index in [1.165, 1.54) is 19.3 Å². The first-order chi connectivity index (χ1) is 9.94. The standard InChI is InChI=1S/C16H22F3NS/c1-12-5-4-6-13(10-9-12)20-14-7-2-3-8-15(14)21-11-16(17,18)19/h2-3,7-8,12-13,20H,4-6,9-11H2,1H3. The van der Waals surface area contributed by atoms with Gasteiger partial charge in [0.2, 0.25) is 0 Å². The van der Waals surface area contributed by atoms with Crippen molar-refractivity contribution in [3.63, 3.8) is 0 Å². The Labute approximate surface area is 128 Å². The quantitative estimate of drug-likeness (QED) is 0.563. The van der Waals surface area contributed by atoms with E-state index in [-0.39, 0.29) is 0 Å². The minimum Gasteiger partial charge on any atom is -0.381 e. The van der Waals surface area contributed by atoms with Gasteiger partial charge in [-0.15, -0.1) is 11.8 Å². The molecule has 1 aliphatic rings. The Kier molecular flexibility index (Phi) is 5.85. The minimum atomic E-state index is -4.13. The van der Waals surface area contributed by atoms with Crippen LogP contribution in [0.3, 0.4) is 0 Å². The summed E-state index contributed by atoms with van der Waals surface area (Å²) >= 11 is 0.861. The molecule has 2 atom stereocenters. The van der Waals surface area contributed by atoms with Crippen molar-refractivity contribution in [2.75, 3.05) is 11.1 Å². The maximum Gasteiger partial charge on any atom is 0.398 e. The van der Waals surface area contributed by atoms with Gasteiger partial charge in [0.15, 0.2) is 0 Å². The second kappa shape index (κ2) is 7.43. The van der Waals surface area contributed by atoms with Crippen LogP contribution in [0.15, 0.2) is 29.2 Å². The summed E-state index contributed by atoms with van der Waals surface area (Å²) in [5.74, 6) is -0.0837. The van der Waals surface area contributed by atoms with Gasteiger partial charge in [-0.1, -0.05) is 31.9 Å². The van der Waals surface area contributed by atoms with Crippen LogP contribution in [0.4, 0.5) is 18.9 Å². The van der Waals surface area contributed by atoms with Crippen LogP contribution in [-0.4, -0.2) is 18.0 Å². The molecule has 0 radical (unpaired) electrons. The van der Waals surface area contributed by atoms with Gasteiger partial charge >= 0.3 is 6.18 Å². The zero-order chi connectivity index (χ0) is 15.3. The maximum absolute atomic E-state index is 12.4. The Bertz CT molecular complexity index is 447. The highest BCUT2D eigenvalue weighted by atomic mass is 32.2. The van der Waals surface area contributed by atoms with Crippen molar-refractivity contribution in [1.29, 1.82) is 0 Å². The van der Waals surface area contributed by atoms with Crippen LogP contribution in [-0.2, 0) is 0 Å². The molecule has 0 aliphatic heterocycles. The number of halogens is 3. The predicted molar refractivity (Wildman–Crippen MR) is 82.9 cm³/mol. The lowest BCUT2D eigenvalue weighted by Crippen LogP contribution is -2.19. The molecule has 1 aliphatic carbocycles. The van der Waals surface area contributed by atoms with E-state index in [9.17, 15) is 13.2 Å². The normalized spacial score (nSPS) is 23.6. The van der Waals surface area contributed by atoms with E-state index in [0.717, 1.165) is 36.2 Å². The summed E-state index contributed by atoms with van der Waals surface area (Å²) < 4.78 is 37.2. The van der Waals surface area contributed by atoms with E-state index in [0.29, 0.717) is 10.9 Å². The third-order valence-corrected chi connectivity index (χ3v) is 5.03. The highest BCUT2D eigenvalue weighted by Gasteiger charge is 2.27. The average Bonchev–Trinajstić information content (AvgIpc) is 2.62. The average molecular weight is 317 g/mol. The van der Waals surface area contributed by atoms with Crippen LogP contribution in [0.25, 0.3) is 0 Å². The fourth-order valence-electron chi connectivity index (χ4n) is 2.72. The van der Waals surface area contributed by atoms with E-state index in [1.54, 1.807) is 12.1 Å². The number of anilines is 1. The number of nitrogens with one attached hydrogen (secondary N) is 1. The summed E-state index contributed by atoms with van der Waals surface area (Å²) in [5.41, 5.74) is 0.839. The minimum absolute atomic E-state index is 0.377. The summed E-state index contributed by atoms with van der Waals surface area (Å²) in [4.78, 5) is 0.687. The van der Waals surface area contributed by atoms with Gasteiger partial charge in [-0.05, 0) is 37.3 Å². The molecule has 1 saturated carbocycles. The Morgan fingerprint density at radius 2 is 1.90 bits per heavy atom. The summed E-state index contributed by atoms with van der Waals surface area (Å²) in [6.07, 6.45) is 1.70. The molecule has 21 heavy (non-hydrogen) atoms. The molecular weight excluding hydrogens is 295 g/mol. The number of hydrogen-bond donors (Lipinski definition) is 1. The second-order valence-corrected chi connectivity index (χ2v) is 6.87. The summed E-state index contributed by atoms with van der Waals surface area (Å²) in [6, 6.07) is 7.69. The first-order valence-corrected chi connectivity index (χ1v) is 8.48. The maximum atomic E-state index is 12.4. The largest absolute Gasteiger partial charge is 0.398 e. The SMILES string of the molecule is CC1CCCC(Nc2ccccc2SCC(F)(F)F)CC1. The molecule has 118 valence electrons. The Morgan fingerprint density at radius 3 is 2.67 bits per heavy atom. The van der Waals surface area contributed by atoms with Crippen LogP contribution >= 0.6 is 11.8 Å². The van der Waals surface area contributed by atoms with Gasteiger partial charge in [0.25, 0.3) is 0 Å². The highest BCUT2D eigenvalue weighted by molar-refractivity contribution is 7.99. The molecule has 1 nitrogen and oxygen atoms in total. The first-order valence-electron chi connectivity index (χ1n) is 7.49. The first kappa shape index (κ1) is 16.5. The molecule has 1 fully saturated rings. The number of benzene rings is 1. The van der Waals surface area contributed by atoms with Crippen molar-refractivity contribution in [3.05, 3.63) is 24.3 Å². The van der Waals surface area contributed by atoms with Gasteiger partial charge in [-0.3, -0.25) is 0 Å². The summed E-state index contributed by atoms with van der Waals surface area (Å²) in [7, 11) is 0. The zero-order valence-electron chi connectivity index (χ0n) is 12.2. The lowest BCUT2D eigenvalue weighted by Gasteiger charge is -2.20. The number of rotatable bonds is 4. The van der Waals surface area contributed by atoms with Gasteiger partial charge in [0.1, 0.15) is 0 Å². The van der Waals surface area contributed by atoms with E-state index in [2.05, 4.69) is 12.2 Å². The molecule has 1 N–H and O–H groups in total. The van der Waals surface area contributed by atoms with Gasteiger partial charge < -0.3 is 5.32 Å². The Morgan fingerprint density at radius 1 is 1.14 bits per heavy atom. The van der Waals surface area contributed by atoms with Crippen molar-refractivity contribution < 1.29 is 13.2 Å². The van der Waals surface area contributed by atoms with Crippen LogP contribution in [0.2, 0.25) is 0 Å². The number of alkyl halides is 3.